The Balaban J connectivity index is 2.07. The van der Waals surface area contributed by atoms with E-state index in [4.69, 9.17) is 14.2 Å². The molecule has 3 heteroatoms. The average Bonchev–Trinajstić information content (AvgIpc) is 2.52. The van der Waals surface area contributed by atoms with E-state index in [0.717, 1.165) is 51.6 Å². The van der Waals surface area contributed by atoms with Crippen molar-refractivity contribution in [3.63, 3.8) is 0 Å². The fourth-order valence-electron chi connectivity index (χ4n) is 3.47. The molecule has 0 radical (unpaired) electrons. The Kier molecular flexibility index (Phi) is 10.4. The van der Waals surface area contributed by atoms with Crippen LogP contribution in [-0.4, -0.2) is 38.1 Å². The summed E-state index contributed by atoms with van der Waals surface area (Å²) in [6.45, 7) is 14.5. The summed E-state index contributed by atoms with van der Waals surface area (Å²) in [5.41, 5.74) is 0.113. The predicted octanol–water partition coefficient (Wildman–Crippen LogP) is 5.22. The second-order valence-corrected chi connectivity index (χ2v) is 7.68. The third-order valence-corrected chi connectivity index (χ3v) is 5.28. The molecule has 0 aromatic heterocycles. The van der Waals surface area contributed by atoms with Crippen molar-refractivity contribution in [3.05, 3.63) is 0 Å². The highest BCUT2D eigenvalue weighted by atomic mass is 16.5. The first-order valence-electron chi connectivity index (χ1n) is 9.83. The van der Waals surface area contributed by atoms with Gasteiger partial charge >= 0.3 is 0 Å². The van der Waals surface area contributed by atoms with Gasteiger partial charge in [0.1, 0.15) is 0 Å². The highest BCUT2D eigenvalue weighted by Crippen LogP contribution is 2.40. The summed E-state index contributed by atoms with van der Waals surface area (Å²) in [5.74, 6) is 1.40. The maximum Gasteiger partial charge on any atom is 0.0707 e. The van der Waals surface area contributed by atoms with Crippen LogP contribution in [0.5, 0.6) is 0 Å². The van der Waals surface area contributed by atoms with E-state index in [1.165, 1.54) is 25.7 Å². The van der Waals surface area contributed by atoms with Gasteiger partial charge in [-0.2, -0.15) is 0 Å². The first-order valence-corrected chi connectivity index (χ1v) is 9.83. The summed E-state index contributed by atoms with van der Waals surface area (Å²) in [4.78, 5) is 0. The van der Waals surface area contributed by atoms with Gasteiger partial charge < -0.3 is 14.2 Å². The molecule has 3 unspecified atom stereocenters. The third kappa shape index (κ3) is 8.00. The number of hydrogen-bond donors (Lipinski definition) is 0. The van der Waals surface area contributed by atoms with Crippen molar-refractivity contribution in [1.82, 2.24) is 0 Å². The van der Waals surface area contributed by atoms with E-state index in [1.54, 1.807) is 0 Å². The minimum absolute atomic E-state index is 0.113. The fourth-order valence-corrected chi connectivity index (χ4v) is 3.47. The van der Waals surface area contributed by atoms with Gasteiger partial charge in [-0.3, -0.25) is 0 Å². The van der Waals surface area contributed by atoms with E-state index in [-0.39, 0.29) is 5.60 Å². The first kappa shape index (κ1) is 20.9. The van der Waals surface area contributed by atoms with Crippen molar-refractivity contribution in [1.29, 1.82) is 0 Å². The highest BCUT2D eigenvalue weighted by Gasteiger charge is 2.38. The Hall–Kier alpha value is -0.120. The quantitative estimate of drug-likeness (QED) is 0.460. The Bertz CT molecular complexity index is 293. The van der Waals surface area contributed by atoms with Gasteiger partial charge in [0.15, 0.2) is 0 Å². The van der Waals surface area contributed by atoms with Crippen molar-refractivity contribution in [2.75, 3.05) is 26.4 Å². The van der Waals surface area contributed by atoms with Crippen molar-refractivity contribution >= 4 is 0 Å². The molecule has 0 bridgehead atoms. The van der Waals surface area contributed by atoms with Crippen LogP contribution < -0.4 is 0 Å². The molecule has 1 fully saturated rings. The lowest BCUT2D eigenvalue weighted by Gasteiger charge is -2.43. The van der Waals surface area contributed by atoms with Crippen molar-refractivity contribution in [3.8, 4) is 0 Å². The van der Waals surface area contributed by atoms with Crippen LogP contribution in [0.3, 0.4) is 0 Å². The second-order valence-electron chi connectivity index (χ2n) is 7.68. The minimum atomic E-state index is 0.113. The lowest BCUT2D eigenvalue weighted by atomic mass is 9.73. The Labute approximate surface area is 144 Å². The molecule has 1 saturated carbocycles. The molecule has 0 amide bonds. The SMILES string of the molecule is CCC(C)OCCCOCCCOC1(C(C)C)CCCC(C)C1. The molecule has 0 heterocycles. The van der Waals surface area contributed by atoms with Crippen molar-refractivity contribution in [2.45, 2.75) is 91.3 Å². The largest absolute Gasteiger partial charge is 0.381 e. The summed E-state index contributed by atoms with van der Waals surface area (Å²) < 4.78 is 17.7. The lowest BCUT2D eigenvalue weighted by Crippen LogP contribution is -2.43. The molecule has 1 aliphatic carbocycles. The molecular weight excluding hydrogens is 288 g/mol. The molecule has 0 aliphatic heterocycles. The molecule has 0 N–H and O–H groups in total. The van der Waals surface area contributed by atoms with Crippen molar-refractivity contribution < 1.29 is 14.2 Å². The van der Waals surface area contributed by atoms with Gasteiger partial charge in [0.25, 0.3) is 0 Å². The van der Waals surface area contributed by atoms with Gasteiger partial charge in [-0.25, -0.2) is 0 Å². The van der Waals surface area contributed by atoms with Crippen LogP contribution in [0.15, 0.2) is 0 Å². The molecular formula is C20H40O3. The molecule has 3 atom stereocenters. The van der Waals surface area contributed by atoms with Crippen LogP contribution in [0.1, 0.15) is 79.6 Å². The van der Waals surface area contributed by atoms with Gasteiger partial charge in [-0.15, -0.1) is 0 Å². The van der Waals surface area contributed by atoms with E-state index in [1.807, 2.05) is 0 Å². The normalized spacial score (nSPS) is 26.6. The van der Waals surface area contributed by atoms with Crippen LogP contribution in [0.4, 0.5) is 0 Å². The number of rotatable bonds is 12. The number of ether oxygens (including phenoxy) is 3. The zero-order valence-corrected chi connectivity index (χ0v) is 16.2. The van der Waals surface area contributed by atoms with Gasteiger partial charge in [0.2, 0.25) is 0 Å². The fraction of sp³-hybridized carbons (Fsp3) is 1.00. The maximum atomic E-state index is 6.37. The zero-order valence-electron chi connectivity index (χ0n) is 16.2. The van der Waals surface area contributed by atoms with Crippen LogP contribution in [0.25, 0.3) is 0 Å². The maximum absolute atomic E-state index is 6.37. The molecule has 23 heavy (non-hydrogen) atoms. The minimum Gasteiger partial charge on any atom is -0.381 e. The monoisotopic (exact) mass is 328 g/mol. The molecule has 0 saturated heterocycles. The van der Waals surface area contributed by atoms with Crippen molar-refractivity contribution in [2.24, 2.45) is 11.8 Å². The Morgan fingerprint density at radius 1 is 1.04 bits per heavy atom. The first-order chi connectivity index (χ1) is 11.0. The van der Waals surface area contributed by atoms with Gasteiger partial charge in [-0.05, 0) is 50.9 Å². The molecule has 0 aromatic carbocycles. The molecule has 0 spiro atoms. The summed E-state index contributed by atoms with van der Waals surface area (Å²) in [7, 11) is 0. The summed E-state index contributed by atoms with van der Waals surface area (Å²) in [5, 5.41) is 0. The highest BCUT2D eigenvalue weighted by molar-refractivity contribution is 4.89. The van der Waals surface area contributed by atoms with Crippen LogP contribution in [0.2, 0.25) is 0 Å². The zero-order chi connectivity index (χ0) is 17.1. The molecule has 138 valence electrons. The summed E-state index contributed by atoms with van der Waals surface area (Å²) in [6.07, 6.45) is 8.54. The second kappa shape index (κ2) is 11.4. The molecule has 1 aliphatic rings. The van der Waals surface area contributed by atoms with Gasteiger partial charge in [0.05, 0.1) is 11.7 Å². The summed E-state index contributed by atoms with van der Waals surface area (Å²) in [6, 6.07) is 0. The van der Waals surface area contributed by atoms with E-state index < -0.39 is 0 Å². The van der Waals surface area contributed by atoms with E-state index in [9.17, 15) is 0 Å². The van der Waals surface area contributed by atoms with Crippen LogP contribution in [0, 0.1) is 11.8 Å². The van der Waals surface area contributed by atoms with Gasteiger partial charge in [-0.1, -0.05) is 40.5 Å². The smallest absolute Gasteiger partial charge is 0.0707 e. The van der Waals surface area contributed by atoms with Crippen LogP contribution >= 0.6 is 0 Å². The standard InChI is InChI=1S/C20H40O3/c1-6-19(5)22-14-8-12-21-13-9-15-23-20(17(2)3)11-7-10-18(4)16-20/h17-19H,6-16H2,1-5H3. The van der Waals surface area contributed by atoms with Gasteiger partial charge in [0, 0.05) is 26.4 Å². The van der Waals surface area contributed by atoms with E-state index >= 15 is 0 Å². The van der Waals surface area contributed by atoms with E-state index in [2.05, 4.69) is 34.6 Å². The number of hydrogen-bond acceptors (Lipinski definition) is 3. The average molecular weight is 329 g/mol. The molecule has 3 nitrogen and oxygen atoms in total. The van der Waals surface area contributed by atoms with Crippen LogP contribution in [-0.2, 0) is 14.2 Å². The topological polar surface area (TPSA) is 27.7 Å². The predicted molar refractivity (Wildman–Crippen MR) is 96.9 cm³/mol. The molecule has 1 rings (SSSR count). The Morgan fingerprint density at radius 2 is 1.74 bits per heavy atom. The lowest BCUT2D eigenvalue weighted by molar-refractivity contribution is -0.115. The Morgan fingerprint density at radius 3 is 2.35 bits per heavy atom. The van der Waals surface area contributed by atoms with E-state index in [0.29, 0.717) is 12.0 Å². The third-order valence-electron chi connectivity index (χ3n) is 5.28. The molecule has 0 aromatic rings. The summed E-state index contributed by atoms with van der Waals surface area (Å²) >= 11 is 0.